The van der Waals surface area contributed by atoms with E-state index in [1.165, 1.54) is 19.3 Å². The van der Waals surface area contributed by atoms with Crippen molar-refractivity contribution in [3.63, 3.8) is 0 Å². The van der Waals surface area contributed by atoms with Crippen LogP contribution in [0, 0.1) is 5.92 Å². The second-order valence-corrected chi connectivity index (χ2v) is 6.92. The van der Waals surface area contributed by atoms with Gasteiger partial charge in [-0.2, -0.15) is 0 Å². The van der Waals surface area contributed by atoms with Crippen molar-refractivity contribution in [2.45, 2.75) is 57.9 Å². The minimum Gasteiger partial charge on any atom is -0.329 e. The minimum atomic E-state index is -3.14. The zero-order valence-electron chi connectivity index (χ0n) is 10.8. The summed E-state index contributed by atoms with van der Waals surface area (Å²) in [6.45, 7) is 2.43. The number of nitrogens with one attached hydrogen (secondary N) is 1. The van der Waals surface area contributed by atoms with E-state index < -0.39 is 10.0 Å². The van der Waals surface area contributed by atoms with E-state index in [1.807, 2.05) is 6.92 Å². The molecule has 5 heteroatoms. The van der Waals surface area contributed by atoms with Gasteiger partial charge in [-0.05, 0) is 25.2 Å². The van der Waals surface area contributed by atoms with E-state index in [9.17, 15) is 8.42 Å². The van der Waals surface area contributed by atoms with Crippen molar-refractivity contribution in [1.29, 1.82) is 0 Å². The Morgan fingerprint density at radius 3 is 2.47 bits per heavy atom. The third-order valence-corrected chi connectivity index (χ3v) is 5.05. The van der Waals surface area contributed by atoms with Crippen LogP contribution in [0.3, 0.4) is 0 Å². The van der Waals surface area contributed by atoms with Crippen LogP contribution in [-0.4, -0.2) is 26.8 Å². The average molecular weight is 262 g/mol. The zero-order valence-corrected chi connectivity index (χ0v) is 11.6. The Hall–Kier alpha value is -0.130. The smallest absolute Gasteiger partial charge is 0.212 e. The first-order valence-electron chi connectivity index (χ1n) is 6.77. The standard InChI is InChI=1S/C12H26N2O2S/c1-2-6-12(9-13)14-17(15,16)10-11-7-4-3-5-8-11/h11-12,14H,2-10,13H2,1H3. The summed E-state index contributed by atoms with van der Waals surface area (Å²) in [4.78, 5) is 0. The number of sulfonamides is 1. The van der Waals surface area contributed by atoms with E-state index in [1.54, 1.807) is 0 Å². The molecule has 102 valence electrons. The first-order chi connectivity index (χ1) is 8.07. The Morgan fingerprint density at radius 2 is 1.94 bits per heavy atom. The van der Waals surface area contributed by atoms with Crippen LogP contribution >= 0.6 is 0 Å². The monoisotopic (exact) mass is 262 g/mol. The Kier molecular flexibility index (Phi) is 6.44. The average Bonchev–Trinajstić information content (AvgIpc) is 2.29. The molecule has 1 atom stereocenters. The molecule has 0 radical (unpaired) electrons. The Morgan fingerprint density at radius 1 is 1.29 bits per heavy atom. The maximum atomic E-state index is 12.0. The van der Waals surface area contributed by atoms with Crippen LogP contribution in [0.1, 0.15) is 51.9 Å². The van der Waals surface area contributed by atoms with Crippen LogP contribution in [0.4, 0.5) is 0 Å². The lowest BCUT2D eigenvalue weighted by molar-refractivity contribution is 0.382. The lowest BCUT2D eigenvalue weighted by Gasteiger charge is -2.23. The normalized spacial score (nSPS) is 20.4. The van der Waals surface area contributed by atoms with Gasteiger partial charge >= 0.3 is 0 Å². The van der Waals surface area contributed by atoms with Gasteiger partial charge in [-0.1, -0.05) is 32.6 Å². The van der Waals surface area contributed by atoms with Crippen LogP contribution < -0.4 is 10.5 Å². The third kappa shape index (κ3) is 5.84. The molecule has 17 heavy (non-hydrogen) atoms. The molecule has 0 aromatic heterocycles. The maximum absolute atomic E-state index is 12.0. The fraction of sp³-hybridized carbons (Fsp3) is 1.00. The molecule has 1 aliphatic rings. The molecule has 0 aromatic carbocycles. The highest BCUT2D eigenvalue weighted by molar-refractivity contribution is 7.89. The highest BCUT2D eigenvalue weighted by atomic mass is 32.2. The van der Waals surface area contributed by atoms with Gasteiger partial charge in [0.05, 0.1) is 5.75 Å². The molecular formula is C12H26N2O2S. The molecule has 0 amide bonds. The molecule has 0 aromatic rings. The van der Waals surface area contributed by atoms with Gasteiger partial charge in [0.15, 0.2) is 0 Å². The molecule has 3 N–H and O–H groups in total. The van der Waals surface area contributed by atoms with Crippen LogP contribution in [0.2, 0.25) is 0 Å². The number of nitrogens with two attached hydrogens (primary N) is 1. The molecule has 0 spiro atoms. The molecule has 1 unspecified atom stereocenters. The summed E-state index contributed by atoms with van der Waals surface area (Å²) in [5.41, 5.74) is 5.57. The van der Waals surface area contributed by atoms with Gasteiger partial charge in [0.25, 0.3) is 0 Å². The van der Waals surface area contributed by atoms with Gasteiger partial charge in [0.2, 0.25) is 10.0 Å². The number of hydrogen-bond donors (Lipinski definition) is 2. The summed E-state index contributed by atoms with van der Waals surface area (Å²) in [5, 5.41) is 0. The van der Waals surface area contributed by atoms with Crippen molar-refractivity contribution >= 4 is 10.0 Å². The molecule has 1 aliphatic carbocycles. The predicted molar refractivity (Wildman–Crippen MR) is 71.2 cm³/mol. The fourth-order valence-corrected chi connectivity index (χ4v) is 4.31. The van der Waals surface area contributed by atoms with Gasteiger partial charge < -0.3 is 5.73 Å². The highest BCUT2D eigenvalue weighted by Gasteiger charge is 2.23. The van der Waals surface area contributed by atoms with E-state index in [2.05, 4.69) is 4.72 Å². The Bertz CT molecular complexity index is 285. The second-order valence-electron chi connectivity index (χ2n) is 5.12. The van der Waals surface area contributed by atoms with Gasteiger partial charge in [-0.25, -0.2) is 13.1 Å². The fourth-order valence-electron chi connectivity index (χ4n) is 2.54. The number of hydrogen-bond acceptors (Lipinski definition) is 3. The lowest BCUT2D eigenvalue weighted by atomic mass is 9.91. The van der Waals surface area contributed by atoms with Crippen LogP contribution in [0.5, 0.6) is 0 Å². The maximum Gasteiger partial charge on any atom is 0.212 e. The molecule has 0 aliphatic heterocycles. The van der Waals surface area contributed by atoms with Crippen molar-refractivity contribution in [2.75, 3.05) is 12.3 Å². The van der Waals surface area contributed by atoms with Gasteiger partial charge in [-0.3, -0.25) is 0 Å². The van der Waals surface area contributed by atoms with E-state index in [4.69, 9.17) is 5.73 Å². The summed E-state index contributed by atoms with van der Waals surface area (Å²) in [5.74, 6) is 0.633. The summed E-state index contributed by atoms with van der Waals surface area (Å²) in [6.07, 6.45) is 7.49. The topological polar surface area (TPSA) is 72.2 Å². The highest BCUT2D eigenvalue weighted by Crippen LogP contribution is 2.24. The summed E-state index contributed by atoms with van der Waals surface area (Å²) in [6, 6.07) is -0.0893. The first kappa shape index (κ1) is 14.9. The predicted octanol–water partition coefficient (Wildman–Crippen LogP) is 1.61. The quantitative estimate of drug-likeness (QED) is 0.732. The first-order valence-corrected chi connectivity index (χ1v) is 8.42. The number of rotatable bonds is 7. The van der Waals surface area contributed by atoms with E-state index in [0.717, 1.165) is 25.7 Å². The van der Waals surface area contributed by atoms with Crippen molar-refractivity contribution in [2.24, 2.45) is 11.7 Å². The molecular weight excluding hydrogens is 236 g/mol. The second kappa shape index (κ2) is 7.34. The summed E-state index contributed by atoms with van der Waals surface area (Å²) >= 11 is 0. The van der Waals surface area contributed by atoms with Crippen molar-refractivity contribution < 1.29 is 8.42 Å². The molecule has 0 heterocycles. The SMILES string of the molecule is CCCC(CN)NS(=O)(=O)CC1CCCCC1. The molecule has 1 rings (SSSR count). The molecule has 0 bridgehead atoms. The molecule has 1 saturated carbocycles. The Balaban J connectivity index is 2.43. The summed E-state index contributed by atoms with van der Waals surface area (Å²) < 4.78 is 26.7. The van der Waals surface area contributed by atoms with E-state index in [-0.39, 0.29) is 11.8 Å². The van der Waals surface area contributed by atoms with Gasteiger partial charge in [0.1, 0.15) is 0 Å². The van der Waals surface area contributed by atoms with Crippen LogP contribution in [0.25, 0.3) is 0 Å². The van der Waals surface area contributed by atoms with Crippen LogP contribution in [-0.2, 0) is 10.0 Å². The summed E-state index contributed by atoms with van der Waals surface area (Å²) in [7, 11) is -3.14. The van der Waals surface area contributed by atoms with E-state index >= 15 is 0 Å². The van der Waals surface area contributed by atoms with E-state index in [0.29, 0.717) is 12.5 Å². The zero-order chi connectivity index (χ0) is 12.7. The molecule has 0 saturated heterocycles. The third-order valence-electron chi connectivity index (χ3n) is 3.45. The molecule has 4 nitrogen and oxygen atoms in total. The minimum absolute atomic E-state index is 0.0893. The van der Waals surface area contributed by atoms with Crippen LogP contribution in [0.15, 0.2) is 0 Å². The Labute approximate surface area is 105 Å². The van der Waals surface area contributed by atoms with Crippen molar-refractivity contribution in [3.05, 3.63) is 0 Å². The van der Waals surface area contributed by atoms with Crippen molar-refractivity contribution in [3.8, 4) is 0 Å². The lowest BCUT2D eigenvalue weighted by Crippen LogP contribution is -2.42. The van der Waals surface area contributed by atoms with Gasteiger partial charge in [-0.15, -0.1) is 0 Å². The van der Waals surface area contributed by atoms with Gasteiger partial charge in [0, 0.05) is 12.6 Å². The largest absolute Gasteiger partial charge is 0.329 e. The molecule has 1 fully saturated rings. The van der Waals surface area contributed by atoms with Crippen molar-refractivity contribution in [1.82, 2.24) is 4.72 Å².